The van der Waals surface area contributed by atoms with Gasteiger partial charge in [-0.3, -0.25) is 25.2 Å². The molecule has 0 radical (unpaired) electrons. The normalized spacial score (nSPS) is 10.6. The number of carbonyl (C=O) groups excluding carboxylic acids is 1. The molecule has 0 aliphatic heterocycles. The molecule has 2 heterocycles. The summed E-state index contributed by atoms with van der Waals surface area (Å²) < 4.78 is 11.5. The highest BCUT2D eigenvalue weighted by atomic mass is 79.9. The molecule has 33 heavy (non-hydrogen) atoms. The first-order valence-electron chi connectivity index (χ1n) is 9.30. The average molecular weight is 528 g/mol. The van der Waals surface area contributed by atoms with Crippen molar-refractivity contribution in [2.45, 2.75) is 0 Å². The van der Waals surface area contributed by atoms with Crippen LogP contribution in [-0.4, -0.2) is 33.0 Å². The number of nitro groups is 1. The molecule has 0 aliphatic carbocycles. The summed E-state index contributed by atoms with van der Waals surface area (Å²) in [6.07, 6.45) is 3.30. The van der Waals surface area contributed by atoms with Crippen LogP contribution in [0.25, 0.3) is 22.6 Å². The molecular weight excluding hydrogens is 514 g/mol. The highest BCUT2D eigenvalue weighted by Crippen LogP contribution is 2.28. The van der Waals surface area contributed by atoms with Gasteiger partial charge in [0.15, 0.2) is 16.4 Å². The largest absolute Gasteiger partial charge is 0.490 e. The number of hydrogen-bond donors (Lipinski definition) is 2. The Bertz CT molecular complexity index is 1410. The van der Waals surface area contributed by atoms with Gasteiger partial charge < -0.3 is 14.5 Å². The predicted molar refractivity (Wildman–Crippen MR) is 128 cm³/mol. The van der Waals surface area contributed by atoms with E-state index in [0.717, 1.165) is 10.5 Å². The number of nitrogens with zero attached hydrogens (tertiary/aromatic N) is 3. The minimum absolute atomic E-state index is 0.0118. The van der Waals surface area contributed by atoms with E-state index in [0.29, 0.717) is 28.2 Å². The predicted octanol–water partition coefficient (Wildman–Crippen LogP) is 4.70. The van der Waals surface area contributed by atoms with E-state index in [1.807, 2.05) is 6.07 Å². The number of hydrogen-bond acceptors (Lipinski definition) is 8. The van der Waals surface area contributed by atoms with E-state index in [9.17, 15) is 14.9 Å². The molecule has 166 valence electrons. The number of nitro benzene ring substituents is 1. The van der Waals surface area contributed by atoms with E-state index < -0.39 is 10.8 Å². The molecule has 12 heteroatoms. The molecule has 1 amide bonds. The molecule has 0 unspecified atom stereocenters. The number of amides is 1. The van der Waals surface area contributed by atoms with E-state index in [-0.39, 0.29) is 22.1 Å². The summed E-state index contributed by atoms with van der Waals surface area (Å²) in [5.41, 5.74) is 2.17. The Balaban J connectivity index is 1.48. The Morgan fingerprint density at radius 3 is 2.76 bits per heavy atom. The molecule has 0 bridgehead atoms. The minimum atomic E-state index is -0.627. The van der Waals surface area contributed by atoms with Crippen molar-refractivity contribution >= 4 is 61.6 Å². The van der Waals surface area contributed by atoms with Gasteiger partial charge in [0, 0.05) is 34.2 Å². The number of halogens is 1. The Kier molecular flexibility index (Phi) is 6.29. The van der Waals surface area contributed by atoms with Gasteiger partial charge in [0.2, 0.25) is 5.89 Å². The van der Waals surface area contributed by atoms with Crippen LogP contribution in [-0.2, 0) is 0 Å². The van der Waals surface area contributed by atoms with E-state index in [4.69, 9.17) is 21.4 Å². The van der Waals surface area contributed by atoms with Crippen molar-refractivity contribution in [2.75, 3.05) is 12.4 Å². The number of oxazole rings is 1. The van der Waals surface area contributed by atoms with Crippen molar-refractivity contribution in [2.24, 2.45) is 0 Å². The number of thiocarbonyl (C=S) groups is 1. The van der Waals surface area contributed by atoms with Crippen LogP contribution in [0.3, 0.4) is 0 Å². The van der Waals surface area contributed by atoms with Gasteiger partial charge in [0.05, 0.1) is 17.6 Å². The molecule has 0 aliphatic rings. The Morgan fingerprint density at radius 1 is 1.21 bits per heavy atom. The van der Waals surface area contributed by atoms with E-state index in [2.05, 4.69) is 36.5 Å². The zero-order valence-corrected chi connectivity index (χ0v) is 19.3. The third-order valence-corrected chi connectivity index (χ3v) is 5.10. The van der Waals surface area contributed by atoms with Gasteiger partial charge >= 0.3 is 5.69 Å². The number of rotatable bonds is 5. The molecule has 2 aromatic heterocycles. The van der Waals surface area contributed by atoms with Crippen molar-refractivity contribution < 1.29 is 18.9 Å². The number of nitrogens with one attached hydrogen (secondary N) is 2. The summed E-state index contributed by atoms with van der Waals surface area (Å²) in [6.45, 7) is 0. The van der Waals surface area contributed by atoms with E-state index in [1.54, 1.807) is 30.6 Å². The maximum absolute atomic E-state index is 12.5. The van der Waals surface area contributed by atoms with E-state index >= 15 is 0 Å². The quantitative estimate of drug-likeness (QED) is 0.215. The van der Waals surface area contributed by atoms with E-state index in [1.165, 1.54) is 19.2 Å². The summed E-state index contributed by atoms with van der Waals surface area (Å²) in [7, 11) is 1.31. The van der Waals surface area contributed by atoms with Crippen LogP contribution >= 0.6 is 28.1 Å². The molecule has 0 spiro atoms. The Hall–Kier alpha value is -3.90. The van der Waals surface area contributed by atoms with Gasteiger partial charge in [-0.05, 0) is 64.5 Å². The number of pyridine rings is 1. The lowest BCUT2D eigenvalue weighted by atomic mass is 10.1. The highest BCUT2D eigenvalue weighted by molar-refractivity contribution is 9.10. The first-order valence-corrected chi connectivity index (χ1v) is 10.5. The Morgan fingerprint density at radius 2 is 2.03 bits per heavy atom. The van der Waals surface area contributed by atoms with Crippen LogP contribution in [0.4, 0.5) is 11.4 Å². The maximum atomic E-state index is 12.5. The van der Waals surface area contributed by atoms with Gasteiger partial charge in [0.25, 0.3) is 5.91 Å². The van der Waals surface area contributed by atoms with Crippen molar-refractivity contribution in [1.82, 2.24) is 15.3 Å². The summed E-state index contributed by atoms with van der Waals surface area (Å²) in [5, 5.41) is 16.6. The fraction of sp³-hybridized carbons (Fsp3) is 0.0476. The lowest BCUT2D eigenvalue weighted by Crippen LogP contribution is -2.34. The van der Waals surface area contributed by atoms with Crippen LogP contribution in [0.15, 0.2) is 63.7 Å². The highest BCUT2D eigenvalue weighted by Gasteiger charge is 2.19. The Labute approximate surface area is 200 Å². The molecular formula is C21H14BrN5O5S. The van der Waals surface area contributed by atoms with Crippen molar-refractivity contribution in [3.05, 3.63) is 75.0 Å². The minimum Gasteiger partial charge on any atom is -0.490 e. The zero-order valence-electron chi connectivity index (χ0n) is 16.9. The molecule has 4 aromatic rings. The maximum Gasteiger partial charge on any atom is 0.311 e. The number of benzene rings is 2. The second-order valence-corrected chi connectivity index (χ2v) is 7.97. The third kappa shape index (κ3) is 4.96. The lowest BCUT2D eigenvalue weighted by molar-refractivity contribution is -0.385. The standard InChI is InChI=1S/C21H14BrN5O5S/c1-31-18-4-2-11(7-16(18)27(29)30)19(28)26-21(33)24-14-3-5-17-15(8-14)25-20(32-17)12-6-13(22)10-23-9-12/h2-10H,1H3,(H2,24,26,28,33). The van der Waals surface area contributed by atoms with Crippen molar-refractivity contribution in [1.29, 1.82) is 0 Å². The summed E-state index contributed by atoms with van der Waals surface area (Å²) in [4.78, 5) is 31.6. The van der Waals surface area contributed by atoms with Gasteiger partial charge in [-0.2, -0.15) is 0 Å². The van der Waals surface area contributed by atoms with Crippen molar-refractivity contribution in [3.8, 4) is 17.2 Å². The van der Waals surface area contributed by atoms with Gasteiger partial charge in [-0.25, -0.2) is 4.98 Å². The number of carbonyl (C=O) groups is 1. The number of fused-ring (bicyclic) bond motifs is 1. The van der Waals surface area contributed by atoms with Crippen LogP contribution < -0.4 is 15.4 Å². The lowest BCUT2D eigenvalue weighted by Gasteiger charge is -2.10. The second-order valence-electron chi connectivity index (χ2n) is 6.65. The first kappa shape index (κ1) is 22.3. The topological polar surface area (TPSA) is 132 Å². The first-order chi connectivity index (χ1) is 15.8. The van der Waals surface area contributed by atoms with Crippen LogP contribution in [0.5, 0.6) is 5.75 Å². The molecule has 10 nitrogen and oxygen atoms in total. The molecule has 0 atom stereocenters. The third-order valence-electron chi connectivity index (χ3n) is 4.46. The molecule has 4 rings (SSSR count). The van der Waals surface area contributed by atoms with Crippen LogP contribution in [0, 0.1) is 10.1 Å². The zero-order chi connectivity index (χ0) is 23.5. The van der Waals surface area contributed by atoms with Gasteiger partial charge in [0.1, 0.15) is 5.52 Å². The van der Waals surface area contributed by atoms with Crippen LogP contribution in [0.2, 0.25) is 0 Å². The average Bonchev–Trinajstić information content (AvgIpc) is 3.22. The fourth-order valence-electron chi connectivity index (χ4n) is 2.97. The van der Waals surface area contributed by atoms with Crippen LogP contribution in [0.1, 0.15) is 10.4 Å². The van der Waals surface area contributed by atoms with Crippen molar-refractivity contribution in [3.63, 3.8) is 0 Å². The SMILES string of the molecule is COc1ccc(C(=O)NC(=S)Nc2ccc3oc(-c4cncc(Br)c4)nc3c2)cc1[N+](=O)[O-]. The molecule has 0 fully saturated rings. The molecule has 2 N–H and O–H groups in total. The molecule has 0 saturated heterocycles. The second kappa shape index (κ2) is 9.30. The summed E-state index contributed by atoms with van der Waals surface area (Å²) in [5.74, 6) is -0.144. The smallest absolute Gasteiger partial charge is 0.311 e. The number of methoxy groups -OCH3 is 1. The number of ether oxygens (including phenoxy) is 1. The number of anilines is 1. The van der Waals surface area contributed by atoms with Gasteiger partial charge in [-0.1, -0.05) is 0 Å². The summed E-state index contributed by atoms with van der Waals surface area (Å²) >= 11 is 8.57. The fourth-order valence-corrected chi connectivity index (χ4v) is 3.54. The molecule has 0 saturated carbocycles. The summed E-state index contributed by atoms with van der Waals surface area (Å²) in [6, 6.07) is 10.9. The van der Waals surface area contributed by atoms with Gasteiger partial charge in [-0.15, -0.1) is 0 Å². The number of aromatic nitrogens is 2. The molecule has 2 aromatic carbocycles. The monoisotopic (exact) mass is 527 g/mol.